The number of hydrogen-bond donors (Lipinski definition) is 1. The van der Waals surface area contributed by atoms with E-state index in [0.29, 0.717) is 27.3 Å². The van der Waals surface area contributed by atoms with Crippen molar-refractivity contribution in [3.8, 4) is 0 Å². The number of nitrogens with one attached hydrogen (secondary N) is 1. The Labute approximate surface area is 174 Å². The summed E-state index contributed by atoms with van der Waals surface area (Å²) in [6, 6.07) is 4.88. The molecular weight excluding hydrogens is 426 g/mol. The zero-order valence-corrected chi connectivity index (χ0v) is 17.1. The van der Waals surface area contributed by atoms with Crippen LogP contribution in [0.4, 0.5) is 23.2 Å². The van der Waals surface area contributed by atoms with Crippen molar-refractivity contribution in [2.75, 3.05) is 5.32 Å². The lowest BCUT2D eigenvalue weighted by Gasteiger charge is -2.11. The molecule has 0 radical (unpaired) electrons. The third-order valence-corrected chi connectivity index (χ3v) is 4.82. The molecular formula is C19H18ClF4N5O. The number of aromatic nitrogens is 4. The van der Waals surface area contributed by atoms with E-state index in [1.54, 1.807) is 18.5 Å². The Morgan fingerprint density at radius 2 is 1.83 bits per heavy atom. The number of anilines is 1. The largest absolute Gasteiger partial charge is 0.433 e. The Morgan fingerprint density at radius 3 is 2.47 bits per heavy atom. The van der Waals surface area contributed by atoms with Crippen LogP contribution < -0.4 is 5.32 Å². The molecule has 160 valence electrons. The van der Waals surface area contributed by atoms with Crippen LogP contribution in [0.2, 0.25) is 5.02 Å². The summed E-state index contributed by atoms with van der Waals surface area (Å²) >= 11 is 6.05. The molecule has 2 heterocycles. The van der Waals surface area contributed by atoms with Crippen LogP contribution >= 0.6 is 11.6 Å². The number of halogens is 5. The lowest BCUT2D eigenvalue weighted by atomic mass is 10.2. The predicted octanol–water partition coefficient (Wildman–Crippen LogP) is 4.50. The summed E-state index contributed by atoms with van der Waals surface area (Å²) in [5.74, 6) is -1.13. The number of rotatable bonds is 5. The first-order valence-electron chi connectivity index (χ1n) is 8.85. The van der Waals surface area contributed by atoms with Gasteiger partial charge in [0, 0.05) is 5.02 Å². The van der Waals surface area contributed by atoms with Gasteiger partial charge in [-0.05, 0) is 44.5 Å². The van der Waals surface area contributed by atoms with Gasteiger partial charge in [0.05, 0.1) is 29.3 Å². The second-order valence-electron chi connectivity index (χ2n) is 6.81. The molecule has 30 heavy (non-hydrogen) atoms. The number of carbonyl (C=O) groups is 1. The molecule has 0 aliphatic rings. The van der Waals surface area contributed by atoms with Crippen molar-refractivity contribution in [3.05, 3.63) is 63.4 Å². The SMILES string of the molecule is Cc1cc(C(F)(F)F)n(CC(=O)Nc2c(C)nn(Cc3ccc(F)cc3Cl)c2C)n1. The fourth-order valence-corrected chi connectivity index (χ4v) is 3.28. The van der Waals surface area contributed by atoms with Crippen molar-refractivity contribution in [1.29, 1.82) is 0 Å². The van der Waals surface area contributed by atoms with Gasteiger partial charge in [-0.25, -0.2) is 4.39 Å². The number of nitrogens with zero attached hydrogens (tertiary/aromatic N) is 4. The highest BCUT2D eigenvalue weighted by molar-refractivity contribution is 6.31. The minimum Gasteiger partial charge on any atom is -0.321 e. The molecule has 1 aromatic carbocycles. The lowest BCUT2D eigenvalue weighted by molar-refractivity contribution is -0.144. The lowest BCUT2D eigenvalue weighted by Crippen LogP contribution is -2.24. The minimum absolute atomic E-state index is 0.159. The van der Waals surface area contributed by atoms with Crippen molar-refractivity contribution in [3.63, 3.8) is 0 Å². The first kappa shape index (κ1) is 21.8. The van der Waals surface area contributed by atoms with Gasteiger partial charge >= 0.3 is 6.18 Å². The highest BCUT2D eigenvalue weighted by Crippen LogP contribution is 2.30. The van der Waals surface area contributed by atoms with Gasteiger partial charge in [-0.1, -0.05) is 17.7 Å². The number of benzene rings is 1. The third kappa shape index (κ3) is 4.64. The summed E-state index contributed by atoms with van der Waals surface area (Å²) in [6.07, 6.45) is -4.62. The average Bonchev–Trinajstić information content (AvgIpc) is 3.12. The Kier molecular flexibility index (Phi) is 5.89. The highest BCUT2D eigenvalue weighted by atomic mass is 35.5. The topological polar surface area (TPSA) is 64.7 Å². The molecule has 3 rings (SSSR count). The van der Waals surface area contributed by atoms with Gasteiger partial charge in [0.1, 0.15) is 18.1 Å². The maximum absolute atomic E-state index is 13.2. The molecule has 0 saturated carbocycles. The molecule has 0 unspecified atom stereocenters. The van der Waals surface area contributed by atoms with E-state index in [1.165, 1.54) is 25.1 Å². The molecule has 0 atom stereocenters. The van der Waals surface area contributed by atoms with E-state index >= 15 is 0 Å². The smallest absolute Gasteiger partial charge is 0.321 e. The molecule has 0 aliphatic carbocycles. The molecule has 1 N–H and O–H groups in total. The van der Waals surface area contributed by atoms with Crippen molar-refractivity contribution in [2.24, 2.45) is 0 Å². The molecule has 0 bridgehead atoms. The number of carbonyl (C=O) groups excluding carboxylic acids is 1. The van der Waals surface area contributed by atoms with E-state index in [2.05, 4.69) is 15.5 Å². The normalized spacial score (nSPS) is 11.7. The maximum Gasteiger partial charge on any atom is 0.433 e. The molecule has 0 spiro atoms. The number of aryl methyl sites for hydroxylation is 2. The quantitative estimate of drug-likeness (QED) is 0.590. The van der Waals surface area contributed by atoms with Gasteiger partial charge < -0.3 is 5.32 Å². The summed E-state index contributed by atoms with van der Waals surface area (Å²) in [5.41, 5.74) is 1.23. The van der Waals surface area contributed by atoms with Crippen molar-refractivity contribution in [2.45, 2.75) is 40.0 Å². The van der Waals surface area contributed by atoms with Crippen LogP contribution in [0.5, 0.6) is 0 Å². The first-order valence-corrected chi connectivity index (χ1v) is 9.23. The Balaban J connectivity index is 1.79. The fraction of sp³-hybridized carbons (Fsp3) is 0.316. The standard InChI is InChI=1S/C19H18ClF4N5O/c1-10-6-16(19(22,23)24)29(26-10)9-17(30)25-18-11(2)27-28(12(18)3)8-13-4-5-14(21)7-15(13)20/h4-7H,8-9H2,1-3H3,(H,25,30). The summed E-state index contributed by atoms with van der Waals surface area (Å²) in [4.78, 5) is 12.4. The van der Waals surface area contributed by atoms with E-state index < -0.39 is 30.1 Å². The van der Waals surface area contributed by atoms with Gasteiger partial charge in [-0.2, -0.15) is 23.4 Å². The van der Waals surface area contributed by atoms with Crippen molar-refractivity contribution < 1.29 is 22.4 Å². The zero-order chi connectivity index (χ0) is 22.2. The number of hydrogen-bond acceptors (Lipinski definition) is 3. The van der Waals surface area contributed by atoms with Crippen molar-refractivity contribution in [1.82, 2.24) is 19.6 Å². The van der Waals surface area contributed by atoms with Crippen LogP contribution in [-0.2, 0) is 24.1 Å². The molecule has 3 aromatic rings. The molecule has 6 nitrogen and oxygen atoms in total. The van der Waals surface area contributed by atoms with Gasteiger partial charge in [-0.3, -0.25) is 14.2 Å². The zero-order valence-electron chi connectivity index (χ0n) is 16.3. The molecule has 1 amide bonds. The Bertz CT molecular complexity index is 1100. The molecule has 0 saturated heterocycles. The van der Waals surface area contributed by atoms with Crippen LogP contribution in [0.3, 0.4) is 0 Å². The Hall–Kier alpha value is -2.88. The second kappa shape index (κ2) is 8.10. The van der Waals surface area contributed by atoms with E-state index in [4.69, 9.17) is 11.6 Å². The highest BCUT2D eigenvalue weighted by Gasteiger charge is 2.35. The van der Waals surface area contributed by atoms with Crippen LogP contribution in [0.15, 0.2) is 24.3 Å². The van der Waals surface area contributed by atoms with Gasteiger partial charge in [0.15, 0.2) is 0 Å². The summed E-state index contributed by atoms with van der Waals surface area (Å²) in [7, 11) is 0. The van der Waals surface area contributed by atoms with E-state index in [0.717, 1.165) is 6.07 Å². The van der Waals surface area contributed by atoms with E-state index in [-0.39, 0.29) is 17.3 Å². The van der Waals surface area contributed by atoms with E-state index in [9.17, 15) is 22.4 Å². The Morgan fingerprint density at radius 1 is 1.13 bits per heavy atom. The molecule has 11 heteroatoms. The van der Waals surface area contributed by atoms with Gasteiger partial charge in [-0.15, -0.1) is 0 Å². The fourth-order valence-electron chi connectivity index (χ4n) is 3.05. The predicted molar refractivity (Wildman–Crippen MR) is 103 cm³/mol. The molecule has 0 aliphatic heterocycles. The monoisotopic (exact) mass is 443 g/mol. The van der Waals surface area contributed by atoms with Crippen LogP contribution in [0, 0.1) is 26.6 Å². The second-order valence-corrected chi connectivity index (χ2v) is 7.22. The van der Waals surface area contributed by atoms with Gasteiger partial charge in [0.25, 0.3) is 0 Å². The number of alkyl halides is 3. The minimum atomic E-state index is -4.62. The van der Waals surface area contributed by atoms with Gasteiger partial charge in [0.2, 0.25) is 5.91 Å². The van der Waals surface area contributed by atoms with Crippen LogP contribution in [0.25, 0.3) is 0 Å². The summed E-state index contributed by atoms with van der Waals surface area (Å²) in [5, 5.41) is 10.9. The average molecular weight is 444 g/mol. The third-order valence-electron chi connectivity index (χ3n) is 4.47. The molecule has 2 aromatic heterocycles. The first-order chi connectivity index (χ1) is 14.0. The molecule has 0 fully saturated rings. The summed E-state index contributed by atoms with van der Waals surface area (Å²) in [6.45, 7) is 4.41. The number of amides is 1. The maximum atomic E-state index is 13.2. The van der Waals surface area contributed by atoms with Crippen LogP contribution in [0.1, 0.15) is 28.3 Å². The summed E-state index contributed by atoms with van der Waals surface area (Å²) < 4.78 is 54.7. The van der Waals surface area contributed by atoms with Crippen molar-refractivity contribution >= 4 is 23.2 Å². The van der Waals surface area contributed by atoms with Crippen LogP contribution in [-0.4, -0.2) is 25.5 Å². The van der Waals surface area contributed by atoms with E-state index in [1.807, 2.05) is 0 Å².